The maximum Gasteiger partial charge on any atom is 0.320 e. The van der Waals surface area contributed by atoms with Crippen molar-refractivity contribution in [3.05, 3.63) is 71.0 Å². The van der Waals surface area contributed by atoms with Crippen LogP contribution in [0.15, 0.2) is 48.5 Å². The van der Waals surface area contributed by atoms with Crippen molar-refractivity contribution in [2.75, 3.05) is 33.7 Å². The zero-order chi connectivity index (χ0) is 20.7. The van der Waals surface area contributed by atoms with Gasteiger partial charge in [0.2, 0.25) is 0 Å². The zero-order valence-corrected chi connectivity index (χ0v) is 17.0. The molecule has 152 valence electrons. The molecule has 0 N–H and O–H groups in total. The summed E-state index contributed by atoms with van der Waals surface area (Å²) >= 11 is 0. The summed E-state index contributed by atoms with van der Waals surface area (Å²) in [7, 11) is 3.46. The molecule has 0 saturated carbocycles. The quantitative estimate of drug-likeness (QED) is 0.780. The minimum Gasteiger partial charge on any atom is -0.338 e. The first-order valence-electron chi connectivity index (χ1n) is 9.94. The molecule has 3 amide bonds. The normalized spacial score (nSPS) is 23.2. The first kappa shape index (κ1) is 19.4. The maximum atomic E-state index is 13.9. The Morgan fingerprint density at radius 2 is 1.76 bits per heavy atom. The van der Waals surface area contributed by atoms with Gasteiger partial charge in [-0.05, 0) is 36.8 Å². The van der Waals surface area contributed by atoms with Gasteiger partial charge < -0.3 is 14.7 Å². The van der Waals surface area contributed by atoms with Crippen LogP contribution < -0.4 is 0 Å². The molecule has 6 heteroatoms. The molecule has 0 unspecified atom stereocenters. The van der Waals surface area contributed by atoms with Gasteiger partial charge in [-0.1, -0.05) is 29.8 Å². The van der Waals surface area contributed by atoms with Gasteiger partial charge >= 0.3 is 6.03 Å². The minimum atomic E-state index is -0.311. The molecule has 0 aliphatic carbocycles. The molecule has 3 atom stereocenters. The van der Waals surface area contributed by atoms with Crippen LogP contribution in [0, 0.1) is 24.6 Å². The van der Waals surface area contributed by atoms with Crippen LogP contribution in [0.25, 0.3) is 0 Å². The number of urea groups is 1. The van der Waals surface area contributed by atoms with E-state index in [-0.39, 0.29) is 35.6 Å². The lowest BCUT2D eigenvalue weighted by Crippen LogP contribution is -2.42. The molecule has 0 bridgehead atoms. The fourth-order valence-electron chi connectivity index (χ4n) is 4.66. The molecule has 2 aliphatic heterocycles. The summed E-state index contributed by atoms with van der Waals surface area (Å²) in [4.78, 5) is 31.0. The minimum absolute atomic E-state index is 0.0166. The van der Waals surface area contributed by atoms with Gasteiger partial charge in [-0.3, -0.25) is 4.79 Å². The van der Waals surface area contributed by atoms with Crippen molar-refractivity contribution in [2.45, 2.75) is 13.0 Å². The number of rotatable bonds is 2. The van der Waals surface area contributed by atoms with Crippen LogP contribution in [0.2, 0.25) is 0 Å². The SMILES string of the molecule is Cc1ccc(C(=O)N2C[C@@H]3CN(C(=O)N(C)C)[C@@H](c4cccc(F)c4)[C@@H]3C2)cc1. The molecule has 2 aliphatic rings. The largest absolute Gasteiger partial charge is 0.338 e. The summed E-state index contributed by atoms with van der Waals surface area (Å²) in [6.45, 7) is 3.74. The first-order valence-corrected chi connectivity index (χ1v) is 9.94. The van der Waals surface area contributed by atoms with Gasteiger partial charge in [0, 0.05) is 51.1 Å². The topological polar surface area (TPSA) is 43.9 Å². The number of halogens is 1. The summed E-state index contributed by atoms with van der Waals surface area (Å²) < 4.78 is 13.9. The summed E-state index contributed by atoms with van der Waals surface area (Å²) in [5.74, 6) is -0.0201. The first-order chi connectivity index (χ1) is 13.8. The molecular formula is C23H26FN3O2. The van der Waals surface area contributed by atoms with Crippen molar-refractivity contribution in [2.24, 2.45) is 11.8 Å². The van der Waals surface area contributed by atoms with Gasteiger partial charge in [-0.15, -0.1) is 0 Å². The van der Waals surface area contributed by atoms with Gasteiger partial charge in [0.05, 0.1) is 6.04 Å². The van der Waals surface area contributed by atoms with Crippen molar-refractivity contribution >= 4 is 11.9 Å². The van der Waals surface area contributed by atoms with Crippen LogP contribution in [-0.2, 0) is 0 Å². The van der Waals surface area contributed by atoms with Crippen molar-refractivity contribution < 1.29 is 14.0 Å². The Morgan fingerprint density at radius 1 is 1.03 bits per heavy atom. The van der Waals surface area contributed by atoms with Gasteiger partial charge in [0.1, 0.15) is 5.82 Å². The van der Waals surface area contributed by atoms with Crippen LogP contribution >= 0.6 is 0 Å². The Labute approximate surface area is 170 Å². The molecular weight excluding hydrogens is 369 g/mol. The third-order valence-corrected chi connectivity index (χ3v) is 6.07. The number of carbonyl (C=O) groups is 2. The predicted molar refractivity (Wildman–Crippen MR) is 109 cm³/mol. The second-order valence-electron chi connectivity index (χ2n) is 8.33. The summed E-state index contributed by atoms with van der Waals surface area (Å²) in [5.41, 5.74) is 2.58. The molecule has 0 radical (unpaired) electrons. The highest BCUT2D eigenvalue weighted by Gasteiger charge is 2.50. The van der Waals surface area contributed by atoms with E-state index in [1.807, 2.05) is 47.1 Å². The Morgan fingerprint density at radius 3 is 2.41 bits per heavy atom. The summed E-state index contributed by atoms with van der Waals surface area (Å²) in [6.07, 6.45) is 0. The molecule has 2 aromatic rings. The summed E-state index contributed by atoms with van der Waals surface area (Å²) in [5, 5.41) is 0. The average Bonchev–Trinajstić information content (AvgIpc) is 3.25. The van der Waals surface area contributed by atoms with Crippen molar-refractivity contribution in [3.8, 4) is 0 Å². The molecule has 0 spiro atoms. The van der Waals surface area contributed by atoms with E-state index in [0.29, 0.717) is 25.2 Å². The molecule has 2 fully saturated rings. The highest BCUT2D eigenvalue weighted by molar-refractivity contribution is 5.94. The lowest BCUT2D eigenvalue weighted by Gasteiger charge is -2.32. The Balaban J connectivity index is 1.61. The van der Waals surface area contributed by atoms with Crippen molar-refractivity contribution in [1.82, 2.24) is 14.7 Å². The predicted octanol–water partition coefficient (Wildman–Crippen LogP) is 3.56. The highest BCUT2D eigenvalue weighted by atomic mass is 19.1. The lowest BCUT2D eigenvalue weighted by molar-refractivity contribution is 0.0766. The van der Waals surface area contributed by atoms with Crippen molar-refractivity contribution in [1.29, 1.82) is 0 Å². The number of carbonyl (C=O) groups excluding carboxylic acids is 2. The third-order valence-electron chi connectivity index (χ3n) is 6.07. The van der Waals surface area contributed by atoms with Crippen LogP contribution in [0.5, 0.6) is 0 Å². The number of nitrogens with zero attached hydrogens (tertiary/aromatic N) is 3. The Bertz CT molecular complexity index is 928. The second kappa shape index (κ2) is 7.50. The fourth-order valence-corrected chi connectivity index (χ4v) is 4.66. The van der Waals surface area contributed by atoms with E-state index in [1.54, 1.807) is 25.1 Å². The van der Waals surface area contributed by atoms with E-state index in [2.05, 4.69) is 0 Å². The second-order valence-corrected chi connectivity index (χ2v) is 8.33. The van der Waals surface area contributed by atoms with E-state index in [9.17, 15) is 14.0 Å². The lowest BCUT2D eigenvalue weighted by atomic mass is 9.89. The standard InChI is InChI=1S/C23H26FN3O2/c1-15-7-9-16(10-8-15)22(28)26-12-18-13-27(23(29)25(2)3)21(20(18)14-26)17-5-4-6-19(24)11-17/h4-11,18,20-21H,12-14H2,1-3H3/t18-,20-,21+/m1/s1. The van der Waals surface area contributed by atoms with Gasteiger partial charge in [-0.2, -0.15) is 0 Å². The molecule has 29 heavy (non-hydrogen) atoms. The van der Waals surface area contributed by atoms with Crippen LogP contribution in [0.3, 0.4) is 0 Å². The number of hydrogen-bond acceptors (Lipinski definition) is 2. The van der Waals surface area contributed by atoms with E-state index >= 15 is 0 Å². The van der Waals surface area contributed by atoms with Gasteiger partial charge in [0.25, 0.3) is 5.91 Å². The van der Waals surface area contributed by atoms with Crippen LogP contribution in [-0.4, -0.2) is 60.4 Å². The van der Waals surface area contributed by atoms with E-state index in [1.165, 1.54) is 12.1 Å². The highest BCUT2D eigenvalue weighted by Crippen LogP contribution is 2.45. The average molecular weight is 395 g/mol. The number of hydrogen-bond donors (Lipinski definition) is 0. The zero-order valence-electron chi connectivity index (χ0n) is 17.0. The van der Waals surface area contributed by atoms with Crippen molar-refractivity contribution in [3.63, 3.8) is 0 Å². The van der Waals surface area contributed by atoms with E-state index in [4.69, 9.17) is 0 Å². The van der Waals surface area contributed by atoms with Gasteiger partial charge in [0.15, 0.2) is 0 Å². The summed E-state index contributed by atoms with van der Waals surface area (Å²) in [6, 6.07) is 13.8. The number of benzene rings is 2. The molecule has 5 nitrogen and oxygen atoms in total. The number of likely N-dealkylation sites (tertiary alicyclic amines) is 2. The molecule has 4 rings (SSSR count). The van der Waals surface area contributed by atoms with Crippen LogP contribution in [0.1, 0.15) is 27.5 Å². The number of fused-ring (bicyclic) bond motifs is 1. The molecule has 2 heterocycles. The number of amides is 3. The maximum absolute atomic E-state index is 13.9. The number of aryl methyl sites for hydroxylation is 1. The van der Waals surface area contributed by atoms with E-state index < -0.39 is 0 Å². The van der Waals surface area contributed by atoms with E-state index in [0.717, 1.165) is 11.1 Å². The van der Waals surface area contributed by atoms with Crippen LogP contribution in [0.4, 0.5) is 9.18 Å². The molecule has 0 aromatic heterocycles. The molecule has 2 saturated heterocycles. The van der Waals surface area contributed by atoms with Gasteiger partial charge in [-0.25, -0.2) is 9.18 Å². The smallest absolute Gasteiger partial charge is 0.320 e. The Hall–Kier alpha value is -2.89. The monoisotopic (exact) mass is 395 g/mol. The molecule has 2 aromatic carbocycles. The Kier molecular flexibility index (Phi) is 5.03. The third kappa shape index (κ3) is 3.59. The fraction of sp³-hybridized carbons (Fsp3) is 0.391.